The van der Waals surface area contributed by atoms with Gasteiger partial charge in [0.05, 0.1) is 11.0 Å². The van der Waals surface area contributed by atoms with Crippen molar-refractivity contribution >= 4 is 49.6 Å². The third kappa shape index (κ3) is 7.16. The Balaban J connectivity index is 1.18. The van der Waals surface area contributed by atoms with Crippen LogP contribution in [0.1, 0.15) is 52.7 Å². The molecule has 0 saturated heterocycles. The number of fused-ring (bicyclic) bond motifs is 4. The summed E-state index contributed by atoms with van der Waals surface area (Å²) in [4.78, 5) is 2.40. The molecule has 0 aliphatic heterocycles. The molecule has 0 unspecified atom stereocenters. The Bertz CT molecular complexity index is 3210. The molecule has 0 N–H and O–H groups in total. The van der Waals surface area contributed by atoms with Crippen molar-refractivity contribution in [2.24, 2.45) is 0 Å². The predicted molar refractivity (Wildman–Crippen MR) is 267 cm³/mol. The second-order valence-electron chi connectivity index (χ2n) is 18.7. The lowest BCUT2D eigenvalue weighted by atomic mass is 9.83. The van der Waals surface area contributed by atoms with Gasteiger partial charge in [-0.05, 0) is 133 Å². The van der Waals surface area contributed by atoms with E-state index in [1.165, 1.54) is 82.8 Å². The van der Waals surface area contributed by atoms with Crippen molar-refractivity contribution in [3.8, 4) is 39.1 Å². The van der Waals surface area contributed by atoms with Crippen LogP contribution in [0.5, 0.6) is 0 Å². The zero-order chi connectivity index (χ0) is 42.6. The maximum Gasteiger partial charge on any atom is 0.0550 e. The first-order valence-electron chi connectivity index (χ1n) is 21.8. The van der Waals surface area contributed by atoms with Crippen molar-refractivity contribution in [2.75, 3.05) is 4.90 Å². The van der Waals surface area contributed by atoms with E-state index in [2.05, 4.69) is 257 Å². The average Bonchev–Trinajstić information content (AvgIpc) is 3.63. The first-order valence-corrected chi connectivity index (χ1v) is 21.8. The third-order valence-electron chi connectivity index (χ3n) is 12.5. The van der Waals surface area contributed by atoms with E-state index >= 15 is 0 Å². The molecule has 2 nitrogen and oxygen atoms in total. The summed E-state index contributed by atoms with van der Waals surface area (Å²) in [5.74, 6) is 0. The fraction of sp³-hybridized carbons (Fsp3) is 0.133. The molecule has 0 aliphatic carbocycles. The summed E-state index contributed by atoms with van der Waals surface area (Å²) in [6.07, 6.45) is 0. The summed E-state index contributed by atoms with van der Waals surface area (Å²) >= 11 is 0. The van der Waals surface area contributed by atoms with Crippen molar-refractivity contribution in [3.05, 3.63) is 217 Å². The van der Waals surface area contributed by atoms with Crippen LogP contribution in [0.2, 0.25) is 0 Å². The number of rotatable bonds is 7. The molecule has 302 valence electrons. The van der Waals surface area contributed by atoms with Crippen molar-refractivity contribution in [1.82, 2.24) is 4.57 Å². The molecule has 0 spiro atoms. The van der Waals surface area contributed by atoms with Gasteiger partial charge in [-0.3, -0.25) is 0 Å². The summed E-state index contributed by atoms with van der Waals surface area (Å²) in [6, 6.07) is 75.9. The average molecular weight is 801 g/mol. The van der Waals surface area contributed by atoms with Crippen LogP contribution in [0.3, 0.4) is 0 Å². The van der Waals surface area contributed by atoms with Gasteiger partial charge in [0, 0.05) is 33.5 Å². The molecule has 10 rings (SSSR count). The summed E-state index contributed by atoms with van der Waals surface area (Å²) in [6.45, 7) is 13.9. The molecule has 2 heteroatoms. The molecule has 0 aliphatic rings. The second kappa shape index (κ2) is 15.4. The van der Waals surface area contributed by atoms with Gasteiger partial charge in [-0.1, -0.05) is 181 Å². The summed E-state index contributed by atoms with van der Waals surface area (Å²) in [5, 5.41) is 5.04. The van der Waals surface area contributed by atoms with E-state index in [4.69, 9.17) is 0 Å². The summed E-state index contributed by atoms with van der Waals surface area (Å²) in [7, 11) is 0. The van der Waals surface area contributed by atoms with E-state index < -0.39 is 0 Å². The Kier molecular flexibility index (Phi) is 9.68. The molecule has 1 heterocycles. The Hall–Kier alpha value is -7.16. The lowest BCUT2D eigenvalue weighted by Crippen LogP contribution is -2.12. The fourth-order valence-electron chi connectivity index (χ4n) is 9.09. The number of anilines is 3. The number of aromatic nitrogens is 1. The van der Waals surface area contributed by atoms with Crippen molar-refractivity contribution < 1.29 is 0 Å². The zero-order valence-corrected chi connectivity index (χ0v) is 36.5. The topological polar surface area (TPSA) is 8.17 Å². The van der Waals surface area contributed by atoms with Gasteiger partial charge >= 0.3 is 0 Å². The third-order valence-corrected chi connectivity index (χ3v) is 12.5. The summed E-state index contributed by atoms with van der Waals surface area (Å²) < 4.78 is 2.49. The van der Waals surface area contributed by atoms with Crippen molar-refractivity contribution in [1.29, 1.82) is 0 Å². The molecule has 0 saturated carbocycles. The number of hydrogen-bond donors (Lipinski definition) is 0. The van der Waals surface area contributed by atoms with Gasteiger partial charge in [0.2, 0.25) is 0 Å². The van der Waals surface area contributed by atoms with Crippen LogP contribution in [0.15, 0.2) is 206 Å². The quantitative estimate of drug-likeness (QED) is 0.156. The van der Waals surface area contributed by atoms with Gasteiger partial charge in [0.25, 0.3) is 0 Å². The van der Waals surface area contributed by atoms with Crippen LogP contribution in [0.4, 0.5) is 17.1 Å². The first-order chi connectivity index (χ1) is 30.0. The van der Waals surface area contributed by atoms with Crippen LogP contribution in [0.25, 0.3) is 71.6 Å². The maximum absolute atomic E-state index is 2.49. The van der Waals surface area contributed by atoms with Gasteiger partial charge in [0.1, 0.15) is 0 Å². The molecule has 9 aromatic carbocycles. The van der Waals surface area contributed by atoms with E-state index in [1.54, 1.807) is 0 Å². The largest absolute Gasteiger partial charge is 0.310 e. The van der Waals surface area contributed by atoms with Crippen LogP contribution >= 0.6 is 0 Å². The first kappa shape index (κ1) is 39.0. The lowest BCUT2D eigenvalue weighted by Gasteiger charge is -2.27. The summed E-state index contributed by atoms with van der Waals surface area (Å²) in [5.41, 5.74) is 16.7. The van der Waals surface area contributed by atoms with E-state index in [9.17, 15) is 0 Å². The lowest BCUT2D eigenvalue weighted by molar-refractivity contribution is 0.591. The minimum atomic E-state index is -0.0759. The molecule has 1 aromatic heterocycles. The van der Waals surface area contributed by atoms with Crippen molar-refractivity contribution in [3.63, 3.8) is 0 Å². The maximum atomic E-state index is 2.49. The van der Waals surface area contributed by atoms with Crippen LogP contribution in [-0.4, -0.2) is 4.57 Å². The SMILES string of the molecule is CC(C)(C)c1ccc2c3c(-c4cccc(N(c5ccc(-c6ccccc6)cc5)c5ccc(-c6cccc7ccccc67)cc5)c4)cc(C(C)(C)C)cc3n(-c3ccccc3)c2c1. The smallest absolute Gasteiger partial charge is 0.0550 e. The molecule has 0 fully saturated rings. The van der Waals surface area contributed by atoms with Crippen LogP contribution in [0, 0.1) is 0 Å². The Morgan fingerprint density at radius 3 is 1.61 bits per heavy atom. The molecular weight excluding hydrogens is 749 g/mol. The minimum Gasteiger partial charge on any atom is -0.310 e. The molecule has 0 bridgehead atoms. The van der Waals surface area contributed by atoms with Gasteiger partial charge in [-0.25, -0.2) is 0 Å². The van der Waals surface area contributed by atoms with Gasteiger partial charge in [-0.15, -0.1) is 0 Å². The molecular formula is C60H52N2. The number of nitrogens with zero attached hydrogens (tertiary/aromatic N) is 2. The van der Waals surface area contributed by atoms with Crippen LogP contribution < -0.4 is 4.90 Å². The highest BCUT2D eigenvalue weighted by Crippen LogP contribution is 2.45. The standard InChI is InChI=1S/C60H52N2/c1-59(2,3)46-31-36-54-56(39-46)62(48-22-11-8-12-23-48)57-40-47(60(4,5)6)38-55(58(54)57)45-21-15-24-51(37-45)61(49-32-27-42(28-33-49)41-17-9-7-10-18-41)50-34-29-44(30-35-50)53-26-16-20-43-19-13-14-25-52(43)53/h7-40H,1-6H3. The molecule has 0 amide bonds. The highest BCUT2D eigenvalue weighted by Gasteiger charge is 2.25. The highest BCUT2D eigenvalue weighted by atomic mass is 15.1. The second-order valence-corrected chi connectivity index (χ2v) is 18.7. The van der Waals surface area contributed by atoms with E-state index in [1.807, 2.05) is 0 Å². The molecule has 10 aromatic rings. The molecule has 0 radical (unpaired) electrons. The zero-order valence-electron chi connectivity index (χ0n) is 36.5. The van der Waals surface area contributed by atoms with Gasteiger partial charge in [-0.2, -0.15) is 0 Å². The van der Waals surface area contributed by atoms with Crippen molar-refractivity contribution in [2.45, 2.75) is 52.4 Å². The monoisotopic (exact) mass is 800 g/mol. The Morgan fingerprint density at radius 1 is 0.355 bits per heavy atom. The molecule has 62 heavy (non-hydrogen) atoms. The van der Waals surface area contributed by atoms with E-state index in [0.29, 0.717) is 0 Å². The van der Waals surface area contributed by atoms with E-state index in [-0.39, 0.29) is 10.8 Å². The Morgan fingerprint density at radius 2 is 0.919 bits per heavy atom. The minimum absolute atomic E-state index is 0.00966. The van der Waals surface area contributed by atoms with Gasteiger partial charge in [0.15, 0.2) is 0 Å². The normalized spacial score (nSPS) is 12.0. The Labute approximate surface area is 366 Å². The van der Waals surface area contributed by atoms with Crippen LogP contribution in [-0.2, 0) is 10.8 Å². The highest BCUT2D eigenvalue weighted by molar-refractivity contribution is 6.16. The predicted octanol–water partition coefficient (Wildman–Crippen LogP) is 17.0. The number of hydrogen-bond acceptors (Lipinski definition) is 1. The number of para-hydroxylation sites is 1. The number of benzene rings is 9. The van der Waals surface area contributed by atoms with E-state index in [0.717, 1.165) is 17.1 Å². The fourth-order valence-corrected chi connectivity index (χ4v) is 9.09. The van der Waals surface area contributed by atoms with Gasteiger partial charge < -0.3 is 9.47 Å². The molecule has 0 atom stereocenters.